The lowest BCUT2D eigenvalue weighted by Crippen LogP contribution is -2.32. The SMILES string of the molecule is Cc1coc(-c2ccc(CC(N)C(=O)O)cc2)n1. The Morgan fingerprint density at radius 1 is 1.44 bits per heavy atom. The van der Waals surface area contributed by atoms with E-state index < -0.39 is 12.0 Å². The Bertz CT molecular complexity index is 546. The fourth-order valence-corrected chi connectivity index (χ4v) is 1.61. The van der Waals surface area contributed by atoms with Gasteiger partial charge in [0, 0.05) is 5.56 Å². The second kappa shape index (κ2) is 5.01. The summed E-state index contributed by atoms with van der Waals surface area (Å²) in [4.78, 5) is 14.9. The van der Waals surface area contributed by atoms with Crippen molar-refractivity contribution in [1.82, 2.24) is 4.98 Å². The smallest absolute Gasteiger partial charge is 0.320 e. The van der Waals surface area contributed by atoms with E-state index in [4.69, 9.17) is 15.3 Å². The van der Waals surface area contributed by atoms with Crippen LogP contribution in [-0.2, 0) is 11.2 Å². The number of carbonyl (C=O) groups is 1. The van der Waals surface area contributed by atoms with E-state index >= 15 is 0 Å². The lowest BCUT2D eigenvalue weighted by atomic mass is 10.0. The number of benzene rings is 1. The van der Waals surface area contributed by atoms with Crippen LogP contribution in [0.3, 0.4) is 0 Å². The van der Waals surface area contributed by atoms with E-state index in [-0.39, 0.29) is 0 Å². The third kappa shape index (κ3) is 2.75. The maximum absolute atomic E-state index is 10.6. The van der Waals surface area contributed by atoms with Crippen LogP contribution in [0, 0.1) is 6.92 Å². The molecule has 0 radical (unpaired) electrons. The first-order chi connectivity index (χ1) is 8.56. The molecule has 0 fully saturated rings. The van der Waals surface area contributed by atoms with E-state index in [1.807, 2.05) is 31.2 Å². The Balaban J connectivity index is 2.13. The first-order valence-electron chi connectivity index (χ1n) is 5.56. The predicted octanol–water partition coefficient (Wildman–Crippen LogP) is 1.60. The van der Waals surface area contributed by atoms with Crippen molar-refractivity contribution in [2.24, 2.45) is 5.73 Å². The number of aromatic nitrogens is 1. The van der Waals surface area contributed by atoms with Crippen molar-refractivity contribution in [2.75, 3.05) is 0 Å². The highest BCUT2D eigenvalue weighted by Gasteiger charge is 2.12. The third-order valence-electron chi connectivity index (χ3n) is 2.59. The molecule has 0 spiro atoms. The summed E-state index contributed by atoms with van der Waals surface area (Å²) in [6.07, 6.45) is 1.89. The van der Waals surface area contributed by atoms with Crippen molar-refractivity contribution in [3.8, 4) is 11.5 Å². The standard InChI is InChI=1S/C13H14N2O3/c1-8-7-18-12(15-8)10-4-2-9(3-5-10)6-11(14)13(16)17/h2-5,7,11H,6,14H2,1H3,(H,16,17). The van der Waals surface area contributed by atoms with Gasteiger partial charge in [-0.2, -0.15) is 0 Å². The zero-order valence-electron chi connectivity index (χ0n) is 9.96. The maximum Gasteiger partial charge on any atom is 0.320 e. The van der Waals surface area contributed by atoms with Crippen LogP contribution in [-0.4, -0.2) is 22.1 Å². The van der Waals surface area contributed by atoms with E-state index in [0.717, 1.165) is 16.8 Å². The van der Waals surface area contributed by atoms with Gasteiger partial charge in [0.15, 0.2) is 0 Å². The van der Waals surface area contributed by atoms with Crippen molar-refractivity contribution in [3.63, 3.8) is 0 Å². The molecule has 1 heterocycles. The van der Waals surface area contributed by atoms with Gasteiger partial charge in [0.25, 0.3) is 0 Å². The number of hydrogen-bond acceptors (Lipinski definition) is 4. The minimum Gasteiger partial charge on any atom is -0.480 e. The Kier molecular flexibility index (Phi) is 3.43. The topological polar surface area (TPSA) is 89.3 Å². The zero-order chi connectivity index (χ0) is 13.1. The van der Waals surface area contributed by atoms with E-state index in [0.29, 0.717) is 12.3 Å². The molecule has 0 amide bonds. The third-order valence-corrected chi connectivity index (χ3v) is 2.59. The van der Waals surface area contributed by atoms with Crippen LogP contribution >= 0.6 is 0 Å². The van der Waals surface area contributed by atoms with Gasteiger partial charge < -0.3 is 15.3 Å². The fourth-order valence-electron chi connectivity index (χ4n) is 1.61. The number of carboxylic acid groups (broad SMARTS) is 1. The molecule has 18 heavy (non-hydrogen) atoms. The second-order valence-electron chi connectivity index (χ2n) is 4.14. The van der Waals surface area contributed by atoms with E-state index in [2.05, 4.69) is 4.98 Å². The molecule has 2 aromatic rings. The summed E-state index contributed by atoms with van der Waals surface area (Å²) in [6, 6.07) is 6.47. The molecule has 0 saturated carbocycles. The van der Waals surface area contributed by atoms with E-state index in [9.17, 15) is 4.79 Å². The Labute approximate surface area is 104 Å². The monoisotopic (exact) mass is 246 g/mol. The van der Waals surface area contributed by atoms with Gasteiger partial charge in [0.1, 0.15) is 12.3 Å². The highest BCUT2D eigenvalue weighted by molar-refractivity contribution is 5.73. The zero-order valence-corrected chi connectivity index (χ0v) is 9.96. The quantitative estimate of drug-likeness (QED) is 0.855. The average Bonchev–Trinajstić information content (AvgIpc) is 2.76. The first-order valence-corrected chi connectivity index (χ1v) is 5.56. The number of carboxylic acids is 1. The lowest BCUT2D eigenvalue weighted by Gasteiger charge is -2.06. The van der Waals surface area contributed by atoms with Gasteiger partial charge in [-0.05, 0) is 31.0 Å². The van der Waals surface area contributed by atoms with Crippen molar-refractivity contribution < 1.29 is 14.3 Å². The number of nitrogens with two attached hydrogens (primary N) is 1. The molecule has 0 aliphatic carbocycles. The molecule has 1 unspecified atom stereocenters. The number of nitrogens with zero attached hydrogens (tertiary/aromatic N) is 1. The minimum atomic E-state index is -0.998. The Hall–Kier alpha value is -2.14. The molecule has 1 aromatic carbocycles. The van der Waals surface area contributed by atoms with Crippen molar-refractivity contribution in [1.29, 1.82) is 0 Å². The molecule has 1 aromatic heterocycles. The molecule has 0 aliphatic rings. The van der Waals surface area contributed by atoms with Gasteiger partial charge >= 0.3 is 5.97 Å². The number of aliphatic carboxylic acids is 1. The summed E-state index contributed by atoms with van der Waals surface area (Å²) in [5, 5.41) is 8.73. The molecule has 5 heteroatoms. The molecule has 94 valence electrons. The summed E-state index contributed by atoms with van der Waals surface area (Å²) in [5.74, 6) is -0.441. The average molecular weight is 246 g/mol. The van der Waals surface area contributed by atoms with Crippen molar-refractivity contribution >= 4 is 5.97 Å². The highest BCUT2D eigenvalue weighted by atomic mass is 16.4. The number of hydrogen-bond donors (Lipinski definition) is 2. The van der Waals surface area contributed by atoms with Crippen LogP contribution in [0.1, 0.15) is 11.3 Å². The Morgan fingerprint density at radius 2 is 2.11 bits per heavy atom. The first kappa shape index (κ1) is 12.3. The van der Waals surface area contributed by atoms with Crippen LogP contribution in [0.2, 0.25) is 0 Å². The van der Waals surface area contributed by atoms with Crippen LogP contribution in [0.4, 0.5) is 0 Å². The van der Waals surface area contributed by atoms with Gasteiger partial charge in [-0.3, -0.25) is 4.79 Å². The number of aryl methyl sites for hydroxylation is 1. The molecule has 0 aliphatic heterocycles. The summed E-state index contributed by atoms with van der Waals surface area (Å²) in [6.45, 7) is 1.85. The number of rotatable bonds is 4. The molecule has 5 nitrogen and oxygen atoms in total. The van der Waals surface area contributed by atoms with Crippen molar-refractivity contribution in [2.45, 2.75) is 19.4 Å². The van der Waals surface area contributed by atoms with Crippen LogP contribution in [0.25, 0.3) is 11.5 Å². The highest BCUT2D eigenvalue weighted by Crippen LogP contribution is 2.19. The molecular formula is C13H14N2O3. The maximum atomic E-state index is 10.6. The predicted molar refractivity (Wildman–Crippen MR) is 66.0 cm³/mol. The molecule has 0 saturated heterocycles. The molecule has 3 N–H and O–H groups in total. The van der Waals surface area contributed by atoms with E-state index in [1.54, 1.807) is 6.26 Å². The van der Waals surface area contributed by atoms with Gasteiger partial charge in [-0.25, -0.2) is 4.98 Å². The van der Waals surface area contributed by atoms with Crippen molar-refractivity contribution in [3.05, 3.63) is 41.8 Å². The summed E-state index contributed by atoms with van der Waals surface area (Å²) >= 11 is 0. The van der Waals surface area contributed by atoms with Gasteiger partial charge in [0.05, 0.1) is 5.69 Å². The summed E-state index contributed by atoms with van der Waals surface area (Å²) in [7, 11) is 0. The van der Waals surface area contributed by atoms with Gasteiger partial charge in [0.2, 0.25) is 5.89 Å². The van der Waals surface area contributed by atoms with Gasteiger partial charge in [-0.1, -0.05) is 12.1 Å². The number of oxazole rings is 1. The molecule has 0 bridgehead atoms. The summed E-state index contributed by atoms with van der Waals surface area (Å²) in [5.41, 5.74) is 8.02. The van der Waals surface area contributed by atoms with Crippen LogP contribution in [0.5, 0.6) is 0 Å². The normalized spacial score (nSPS) is 12.3. The largest absolute Gasteiger partial charge is 0.480 e. The molecule has 2 rings (SSSR count). The fraction of sp³-hybridized carbons (Fsp3) is 0.231. The van der Waals surface area contributed by atoms with E-state index in [1.165, 1.54) is 0 Å². The molecular weight excluding hydrogens is 232 g/mol. The van der Waals surface area contributed by atoms with Crippen LogP contribution in [0.15, 0.2) is 34.9 Å². The summed E-state index contributed by atoms with van der Waals surface area (Å²) < 4.78 is 5.28. The van der Waals surface area contributed by atoms with Gasteiger partial charge in [-0.15, -0.1) is 0 Å². The minimum absolute atomic E-state index is 0.306. The second-order valence-corrected chi connectivity index (χ2v) is 4.14. The molecule has 1 atom stereocenters. The van der Waals surface area contributed by atoms with Crippen LogP contribution < -0.4 is 5.73 Å². The Morgan fingerprint density at radius 3 is 2.61 bits per heavy atom. The lowest BCUT2D eigenvalue weighted by molar-refractivity contribution is -0.138.